The number of esters is 1. The molecule has 0 saturated heterocycles. The van der Waals surface area contributed by atoms with Crippen LogP contribution < -0.4 is 0 Å². The number of hydrogen-bond acceptors (Lipinski definition) is 4. The van der Waals surface area contributed by atoms with Crippen molar-refractivity contribution >= 4 is 11.9 Å². The first-order valence-corrected chi connectivity index (χ1v) is 6.32. The van der Waals surface area contributed by atoms with Crippen molar-refractivity contribution in [2.75, 3.05) is 13.7 Å². The number of carbonyl (C=O) groups is 1. The van der Waals surface area contributed by atoms with Gasteiger partial charge in [-0.3, -0.25) is 0 Å². The largest absolute Gasteiger partial charge is 0.475 e. The number of nitrogens with zero attached hydrogens (tertiary/aromatic N) is 1. The summed E-state index contributed by atoms with van der Waals surface area (Å²) in [5.41, 5.74) is 1.22. The van der Waals surface area contributed by atoms with E-state index in [9.17, 15) is 4.79 Å². The van der Waals surface area contributed by atoms with Gasteiger partial charge in [0.2, 0.25) is 5.90 Å². The normalized spacial score (nSPS) is 18.7. The molecule has 4 heteroatoms. The van der Waals surface area contributed by atoms with Crippen molar-refractivity contribution < 1.29 is 14.3 Å². The first-order valence-electron chi connectivity index (χ1n) is 6.32. The molecule has 0 N–H and O–H groups in total. The van der Waals surface area contributed by atoms with E-state index in [2.05, 4.69) is 25.8 Å². The SMILES string of the molecule is COC(=O)c1ccccc1C1=N[C@@H](C(C)(C)C)CO1. The molecule has 0 aliphatic carbocycles. The van der Waals surface area contributed by atoms with Crippen LogP contribution >= 0.6 is 0 Å². The van der Waals surface area contributed by atoms with Crippen LogP contribution in [0.4, 0.5) is 0 Å². The van der Waals surface area contributed by atoms with Crippen molar-refractivity contribution in [3.63, 3.8) is 0 Å². The summed E-state index contributed by atoms with van der Waals surface area (Å²) in [5.74, 6) is 0.155. The van der Waals surface area contributed by atoms with Gasteiger partial charge in [-0.1, -0.05) is 32.9 Å². The minimum Gasteiger partial charge on any atom is -0.475 e. The summed E-state index contributed by atoms with van der Waals surface area (Å²) in [6, 6.07) is 7.31. The lowest BCUT2D eigenvalue weighted by Gasteiger charge is -2.21. The van der Waals surface area contributed by atoms with Crippen LogP contribution in [-0.4, -0.2) is 31.6 Å². The van der Waals surface area contributed by atoms with Gasteiger partial charge < -0.3 is 9.47 Å². The van der Waals surface area contributed by atoms with Crippen molar-refractivity contribution in [1.82, 2.24) is 0 Å². The predicted molar refractivity (Wildman–Crippen MR) is 73.5 cm³/mol. The standard InChI is InChI=1S/C15H19NO3/c1-15(2,3)12-9-19-13(16-12)10-7-5-6-8-11(10)14(17)18-4/h5-8,12H,9H2,1-4H3/t12-/m1/s1. The van der Waals surface area contributed by atoms with E-state index in [1.165, 1.54) is 7.11 Å². The van der Waals surface area contributed by atoms with E-state index >= 15 is 0 Å². The molecule has 0 radical (unpaired) electrons. The van der Waals surface area contributed by atoms with Gasteiger partial charge >= 0.3 is 5.97 Å². The second kappa shape index (κ2) is 5.03. The Bertz CT molecular complexity index is 514. The van der Waals surface area contributed by atoms with Gasteiger partial charge in [-0.05, 0) is 17.5 Å². The first-order chi connectivity index (χ1) is 8.93. The number of carbonyl (C=O) groups excluding carboxylic acids is 1. The molecule has 0 saturated carbocycles. The van der Waals surface area contributed by atoms with Gasteiger partial charge in [0.25, 0.3) is 0 Å². The quantitative estimate of drug-likeness (QED) is 0.769. The average Bonchev–Trinajstić information content (AvgIpc) is 2.87. The van der Waals surface area contributed by atoms with Gasteiger partial charge in [-0.15, -0.1) is 0 Å². The minimum absolute atomic E-state index is 0.0436. The summed E-state index contributed by atoms with van der Waals surface area (Å²) < 4.78 is 10.4. The zero-order valence-corrected chi connectivity index (χ0v) is 11.8. The van der Waals surface area contributed by atoms with E-state index in [1.54, 1.807) is 12.1 Å². The van der Waals surface area contributed by atoms with E-state index in [0.717, 1.165) is 0 Å². The highest BCUT2D eigenvalue weighted by atomic mass is 16.5. The Kier molecular flexibility index (Phi) is 3.60. The van der Waals surface area contributed by atoms with Crippen molar-refractivity contribution in [3.05, 3.63) is 35.4 Å². The molecule has 1 atom stereocenters. The third-order valence-electron chi connectivity index (χ3n) is 3.21. The lowest BCUT2D eigenvalue weighted by Crippen LogP contribution is -2.25. The molecule has 0 fully saturated rings. The van der Waals surface area contributed by atoms with Crippen molar-refractivity contribution in [3.8, 4) is 0 Å². The molecule has 0 amide bonds. The lowest BCUT2D eigenvalue weighted by molar-refractivity contribution is 0.0600. The zero-order chi connectivity index (χ0) is 14.0. The van der Waals surface area contributed by atoms with Crippen LogP contribution in [0.1, 0.15) is 36.7 Å². The van der Waals surface area contributed by atoms with E-state index in [0.29, 0.717) is 23.6 Å². The lowest BCUT2D eigenvalue weighted by atomic mass is 9.88. The number of benzene rings is 1. The third-order valence-corrected chi connectivity index (χ3v) is 3.21. The highest BCUT2D eigenvalue weighted by Gasteiger charge is 2.31. The summed E-state index contributed by atoms with van der Waals surface area (Å²) in [4.78, 5) is 16.3. The van der Waals surface area contributed by atoms with E-state index < -0.39 is 0 Å². The summed E-state index contributed by atoms with van der Waals surface area (Å²) in [7, 11) is 1.37. The summed E-state index contributed by atoms with van der Waals surface area (Å²) >= 11 is 0. The predicted octanol–water partition coefficient (Wildman–Crippen LogP) is 2.66. The fourth-order valence-electron chi connectivity index (χ4n) is 1.92. The average molecular weight is 261 g/mol. The maximum absolute atomic E-state index is 11.7. The minimum atomic E-state index is -0.374. The Hall–Kier alpha value is -1.84. The molecule has 1 heterocycles. The van der Waals surface area contributed by atoms with Gasteiger partial charge in [0.1, 0.15) is 6.61 Å². The van der Waals surface area contributed by atoms with Crippen LogP contribution in [0, 0.1) is 5.41 Å². The molecular weight excluding hydrogens is 242 g/mol. The zero-order valence-electron chi connectivity index (χ0n) is 11.8. The molecule has 102 valence electrons. The number of rotatable bonds is 2. The van der Waals surface area contributed by atoms with E-state index in [4.69, 9.17) is 9.47 Å². The molecule has 0 aromatic heterocycles. The fourth-order valence-corrected chi connectivity index (χ4v) is 1.92. The van der Waals surface area contributed by atoms with Gasteiger partial charge in [0, 0.05) is 0 Å². The molecule has 0 unspecified atom stereocenters. The van der Waals surface area contributed by atoms with Crippen LogP contribution in [0.15, 0.2) is 29.3 Å². The number of methoxy groups -OCH3 is 1. The second-order valence-corrected chi connectivity index (χ2v) is 5.66. The summed E-state index contributed by atoms with van der Waals surface area (Å²) in [5, 5.41) is 0. The molecule has 2 rings (SSSR count). The molecule has 0 spiro atoms. The Morgan fingerprint density at radius 1 is 1.37 bits per heavy atom. The molecule has 0 bridgehead atoms. The van der Waals surface area contributed by atoms with Gasteiger partial charge in [-0.2, -0.15) is 0 Å². The van der Waals surface area contributed by atoms with Crippen molar-refractivity contribution in [2.45, 2.75) is 26.8 Å². The number of hydrogen-bond donors (Lipinski definition) is 0. The molecule has 19 heavy (non-hydrogen) atoms. The molecular formula is C15H19NO3. The van der Waals surface area contributed by atoms with Gasteiger partial charge in [0.15, 0.2) is 0 Å². The van der Waals surface area contributed by atoms with Crippen LogP contribution in [-0.2, 0) is 9.47 Å². The van der Waals surface area contributed by atoms with Gasteiger partial charge in [0.05, 0.1) is 24.3 Å². The Morgan fingerprint density at radius 2 is 2.05 bits per heavy atom. The number of aliphatic imine (C=N–C) groups is 1. The highest BCUT2D eigenvalue weighted by Crippen LogP contribution is 2.28. The number of ether oxygens (including phenoxy) is 2. The van der Waals surface area contributed by atoms with Crippen molar-refractivity contribution in [1.29, 1.82) is 0 Å². The summed E-state index contributed by atoms with van der Waals surface area (Å²) in [6.07, 6.45) is 0. The Labute approximate surface area is 113 Å². The maximum Gasteiger partial charge on any atom is 0.338 e. The Morgan fingerprint density at radius 3 is 2.63 bits per heavy atom. The first kappa shape index (κ1) is 13.6. The molecule has 1 aromatic carbocycles. The van der Waals surface area contributed by atoms with Crippen LogP contribution in [0.2, 0.25) is 0 Å². The van der Waals surface area contributed by atoms with Crippen LogP contribution in [0.25, 0.3) is 0 Å². The van der Waals surface area contributed by atoms with Crippen molar-refractivity contribution in [2.24, 2.45) is 10.4 Å². The molecule has 4 nitrogen and oxygen atoms in total. The smallest absolute Gasteiger partial charge is 0.338 e. The third kappa shape index (κ3) is 2.78. The van der Waals surface area contributed by atoms with E-state index in [-0.39, 0.29) is 17.4 Å². The van der Waals surface area contributed by atoms with Gasteiger partial charge in [-0.25, -0.2) is 9.79 Å². The molecule has 1 aromatic rings. The highest BCUT2D eigenvalue weighted by molar-refractivity contribution is 6.05. The van der Waals surface area contributed by atoms with E-state index in [1.807, 2.05) is 12.1 Å². The van der Waals surface area contributed by atoms with Crippen LogP contribution in [0.5, 0.6) is 0 Å². The Balaban J connectivity index is 2.36. The summed E-state index contributed by atoms with van der Waals surface area (Å²) in [6.45, 7) is 6.92. The molecule has 1 aliphatic heterocycles. The monoisotopic (exact) mass is 261 g/mol. The maximum atomic E-state index is 11.7. The fraction of sp³-hybridized carbons (Fsp3) is 0.467. The topological polar surface area (TPSA) is 47.9 Å². The second-order valence-electron chi connectivity index (χ2n) is 5.66. The van der Waals surface area contributed by atoms with Crippen LogP contribution in [0.3, 0.4) is 0 Å². The molecule has 1 aliphatic rings.